The van der Waals surface area contributed by atoms with Gasteiger partial charge in [0.05, 0.1) is 18.7 Å². The largest absolute Gasteiger partial charge is 0.353 e. The van der Waals surface area contributed by atoms with Crippen LogP contribution in [0.3, 0.4) is 0 Å². The van der Waals surface area contributed by atoms with Gasteiger partial charge in [-0.1, -0.05) is 0 Å². The van der Waals surface area contributed by atoms with E-state index in [1.807, 2.05) is 18.7 Å². The molecule has 0 saturated carbocycles. The Balaban J connectivity index is 2.37. The van der Waals surface area contributed by atoms with E-state index in [1.54, 1.807) is 0 Å². The Morgan fingerprint density at radius 1 is 1.71 bits per heavy atom. The van der Waals surface area contributed by atoms with Crippen LogP contribution in [0.25, 0.3) is 0 Å². The van der Waals surface area contributed by atoms with E-state index in [0.29, 0.717) is 6.54 Å². The molecule has 1 atom stereocenters. The number of amides is 1. The van der Waals surface area contributed by atoms with Gasteiger partial charge < -0.3 is 5.32 Å². The molecule has 0 aliphatic carbocycles. The molecule has 0 bridgehead atoms. The van der Waals surface area contributed by atoms with E-state index < -0.39 is 0 Å². The Hall–Kier alpha value is -1.08. The van der Waals surface area contributed by atoms with Gasteiger partial charge in [0, 0.05) is 12.6 Å². The molecule has 1 aliphatic rings. The van der Waals surface area contributed by atoms with Crippen molar-refractivity contribution in [1.29, 1.82) is 5.26 Å². The first-order chi connectivity index (χ1) is 6.63. The number of likely N-dealkylation sites (tertiary alicyclic amines) is 1. The average Bonchev–Trinajstić information content (AvgIpc) is 2.50. The minimum Gasteiger partial charge on any atom is -0.353 e. The van der Waals surface area contributed by atoms with Gasteiger partial charge in [-0.2, -0.15) is 5.26 Å². The zero-order chi connectivity index (χ0) is 10.6. The molecule has 1 saturated heterocycles. The predicted molar refractivity (Wildman–Crippen MR) is 53.5 cm³/mol. The number of hydrogen-bond donors (Lipinski definition) is 1. The van der Waals surface area contributed by atoms with Crippen LogP contribution in [0.15, 0.2) is 0 Å². The second-order valence-corrected chi connectivity index (χ2v) is 3.98. The fourth-order valence-electron chi connectivity index (χ4n) is 1.71. The maximum absolute atomic E-state index is 11.4. The van der Waals surface area contributed by atoms with Crippen LogP contribution in [0.2, 0.25) is 0 Å². The third-order valence-electron chi connectivity index (χ3n) is 2.31. The van der Waals surface area contributed by atoms with E-state index in [9.17, 15) is 4.79 Å². The van der Waals surface area contributed by atoms with E-state index in [4.69, 9.17) is 5.26 Å². The summed E-state index contributed by atoms with van der Waals surface area (Å²) >= 11 is 0. The Morgan fingerprint density at radius 2 is 2.43 bits per heavy atom. The number of carbonyl (C=O) groups is 1. The topological polar surface area (TPSA) is 56.1 Å². The van der Waals surface area contributed by atoms with Crippen LogP contribution in [0.1, 0.15) is 26.7 Å². The van der Waals surface area contributed by atoms with E-state index in [1.165, 1.54) is 0 Å². The third-order valence-corrected chi connectivity index (χ3v) is 2.31. The molecule has 0 aromatic carbocycles. The summed E-state index contributed by atoms with van der Waals surface area (Å²) in [6.45, 7) is 5.09. The van der Waals surface area contributed by atoms with Gasteiger partial charge in [0.1, 0.15) is 0 Å². The molecule has 1 fully saturated rings. The fraction of sp³-hybridized carbons (Fsp3) is 0.800. The van der Waals surface area contributed by atoms with Crippen molar-refractivity contribution >= 4 is 5.91 Å². The van der Waals surface area contributed by atoms with Crippen molar-refractivity contribution < 1.29 is 4.79 Å². The zero-order valence-electron chi connectivity index (χ0n) is 8.79. The van der Waals surface area contributed by atoms with E-state index in [0.717, 1.165) is 19.4 Å². The summed E-state index contributed by atoms with van der Waals surface area (Å²) in [6, 6.07) is 2.33. The molecule has 1 aliphatic heterocycles. The van der Waals surface area contributed by atoms with Crippen LogP contribution in [-0.2, 0) is 4.79 Å². The second-order valence-electron chi connectivity index (χ2n) is 3.98. The quantitative estimate of drug-likeness (QED) is 0.713. The lowest BCUT2D eigenvalue weighted by Gasteiger charge is -2.19. The monoisotopic (exact) mass is 195 g/mol. The first kappa shape index (κ1) is 11.0. The Bertz CT molecular complexity index is 244. The van der Waals surface area contributed by atoms with Crippen LogP contribution in [0, 0.1) is 11.3 Å². The minimum absolute atomic E-state index is 0.0159. The maximum Gasteiger partial charge on any atom is 0.234 e. The molecule has 0 spiro atoms. The van der Waals surface area contributed by atoms with Crippen LogP contribution >= 0.6 is 0 Å². The highest BCUT2D eigenvalue weighted by Gasteiger charge is 2.25. The molecule has 78 valence electrons. The van der Waals surface area contributed by atoms with E-state index in [2.05, 4.69) is 11.4 Å². The standard InChI is InChI=1S/C10H17N3O/c1-8(2)12-10(14)7-13-5-3-4-9(13)6-11/h8-9H,3-5,7H2,1-2H3,(H,12,14). The number of nitrogens with one attached hydrogen (secondary N) is 1. The molecule has 0 radical (unpaired) electrons. The molecule has 4 heteroatoms. The maximum atomic E-state index is 11.4. The second kappa shape index (κ2) is 4.97. The number of nitrogens with zero attached hydrogens (tertiary/aromatic N) is 2. The van der Waals surface area contributed by atoms with Gasteiger partial charge in [0.2, 0.25) is 5.91 Å². The molecule has 1 rings (SSSR count). The van der Waals surface area contributed by atoms with Crippen LogP contribution in [-0.4, -0.2) is 36.0 Å². The normalized spacial score (nSPS) is 22.3. The van der Waals surface area contributed by atoms with Gasteiger partial charge >= 0.3 is 0 Å². The Morgan fingerprint density at radius 3 is 3.00 bits per heavy atom. The Kier molecular flexibility index (Phi) is 3.90. The lowest BCUT2D eigenvalue weighted by molar-refractivity contribution is -0.122. The summed E-state index contributed by atoms with van der Waals surface area (Å²) in [5, 5.41) is 11.6. The molecule has 1 amide bonds. The number of nitriles is 1. The average molecular weight is 195 g/mol. The SMILES string of the molecule is CC(C)NC(=O)CN1CCCC1C#N. The molecular formula is C10H17N3O. The van der Waals surface area contributed by atoms with Crippen molar-refractivity contribution in [2.75, 3.05) is 13.1 Å². The van der Waals surface area contributed by atoms with Crippen LogP contribution in [0.4, 0.5) is 0 Å². The number of hydrogen-bond acceptors (Lipinski definition) is 3. The van der Waals surface area contributed by atoms with Crippen molar-refractivity contribution in [3.63, 3.8) is 0 Å². The van der Waals surface area contributed by atoms with Gasteiger partial charge in [-0.05, 0) is 26.7 Å². The fourth-order valence-corrected chi connectivity index (χ4v) is 1.71. The van der Waals surface area contributed by atoms with Gasteiger partial charge in [-0.3, -0.25) is 9.69 Å². The molecule has 0 aromatic rings. The number of carbonyl (C=O) groups excluding carboxylic acids is 1. The highest BCUT2D eigenvalue weighted by molar-refractivity contribution is 5.78. The summed E-state index contributed by atoms with van der Waals surface area (Å²) in [4.78, 5) is 13.4. The van der Waals surface area contributed by atoms with Crippen molar-refractivity contribution in [2.24, 2.45) is 0 Å². The van der Waals surface area contributed by atoms with E-state index in [-0.39, 0.29) is 18.0 Å². The summed E-state index contributed by atoms with van der Waals surface area (Å²) in [5.74, 6) is 0.0159. The predicted octanol–water partition coefficient (Wildman–Crippen LogP) is 0.499. The van der Waals surface area contributed by atoms with Crippen LogP contribution < -0.4 is 5.32 Å². The van der Waals surface area contributed by atoms with Gasteiger partial charge in [-0.25, -0.2) is 0 Å². The molecule has 14 heavy (non-hydrogen) atoms. The van der Waals surface area contributed by atoms with Crippen molar-refractivity contribution in [3.8, 4) is 6.07 Å². The zero-order valence-corrected chi connectivity index (χ0v) is 8.79. The van der Waals surface area contributed by atoms with Crippen molar-refractivity contribution in [2.45, 2.75) is 38.8 Å². The lowest BCUT2D eigenvalue weighted by Crippen LogP contribution is -2.41. The summed E-state index contributed by atoms with van der Waals surface area (Å²) in [5.41, 5.74) is 0. The molecule has 1 N–H and O–H groups in total. The van der Waals surface area contributed by atoms with Gasteiger partial charge in [0.15, 0.2) is 0 Å². The van der Waals surface area contributed by atoms with Crippen molar-refractivity contribution in [3.05, 3.63) is 0 Å². The summed E-state index contributed by atoms with van der Waals surface area (Å²) in [6.07, 6.45) is 1.92. The highest BCUT2D eigenvalue weighted by Crippen LogP contribution is 2.15. The first-order valence-electron chi connectivity index (χ1n) is 5.06. The van der Waals surface area contributed by atoms with Crippen molar-refractivity contribution in [1.82, 2.24) is 10.2 Å². The molecule has 4 nitrogen and oxygen atoms in total. The van der Waals surface area contributed by atoms with Crippen LogP contribution in [0.5, 0.6) is 0 Å². The minimum atomic E-state index is -0.0621. The third kappa shape index (κ3) is 3.00. The lowest BCUT2D eigenvalue weighted by atomic mass is 10.2. The first-order valence-corrected chi connectivity index (χ1v) is 5.06. The van der Waals surface area contributed by atoms with Gasteiger partial charge in [-0.15, -0.1) is 0 Å². The number of rotatable bonds is 3. The molecule has 1 unspecified atom stereocenters. The van der Waals surface area contributed by atoms with Gasteiger partial charge in [0.25, 0.3) is 0 Å². The highest BCUT2D eigenvalue weighted by atomic mass is 16.2. The smallest absolute Gasteiger partial charge is 0.234 e. The summed E-state index contributed by atoms with van der Waals surface area (Å²) in [7, 11) is 0. The molecule has 1 heterocycles. The summed E-state index contributed by atoms with van der Waals surface area (Å²) < 4.78 is 0. The molecule has 0 aromatic heterocycles. The Labute approximate surface area is 84.9 Å². The van der Waals surface area contributed by atoms with E-state index >= 15 is 0 Å². The molecular weight excluding hydrogens is 178 g/mol.